The van der Waals surface area contributed by atoms with Gasteiger partial charge in [-0.15, -0.1) is 0 Å². The molecule has 0 aliphatic heterocycles. The molecular weight excluding hydrogens is 379 g/mol. The molecule has 0 amide bonds. The molecule has 1 fully saturated rings. The van der Waals surface area contributed by atoms with Gasteiger partial charge in [-0.1, -0.05) is 19.8 Å². The zero-order chi connectivity index (χ0) is 21.8. The van der Waals surface area contributed by atoms with Gasteiger partial charge < -0.3 is 9.84 Å². The summed E-state index contributed by atoms with van der Waals surface area (Å²) in [4.78, 5) is 47.7. The van der Waals surface area contributed by atoms with E-state index >= 15 is 0 Å². The monoisotopic (exact) mass is 414 g/mol. The average Bonchev–Trinajstić information content (AvgIpc) is 2.94. The van der Waals surface area contributed by atoms with Crippen LogP contribution in [0.25, 0.3) is 0 Å². The fraction of sp³-hybridized carbons (Fsp3) is 0.818. The standard InChI is InChI=1S/C22H35FO6/c1-3-5-9-18(23)19(25)12-11-16-17(21(27)14-20(16)26)13-15(24)8-6-7-10-22(28)29-4-2/h16-18,20,26H,3-14H2,1-2H3/t16-,17?,18?,20?/m1/s1. The second-order valence-corrected chi connectivity index (χ2v) is 7.88. The number of ether oxygens (including phenoxy) is 1. The predicted octanol–water partition coefficient (Wildman–Crippen LogP) is 3.51. The van der Waals surface area contributed by atoms with Crippen molar-refractivity contribution in [3.63, 3.8) is 0 Å². The van der Waals surface area contributed by atoms with Gasteiger partial charge in [-0.25, -0.2) is 4.39 Å². The van der Waals surface area contributed by atoms with Gasteiger partial charge in [0.2, 0.25) is 0 Å². The van der Waals surface area contributed by atoms with Crippen LogP contribution in [0.5, 0.6) is 0 Å². The smallest absolute Gasteiger partial charge is 0.305 e. The molecule has 0 aromatic rings. The van der Waals surface area contributed by atoms with Gasteiger partial charge in [0.25, 0.3) is 0 Å². The first-order valence-electron chi connectivity index (χ1n) is 10.8. The maximum atomic E-state index is 13.9. The SMILES string of the molecule is CCCCC(F)C(=O)CC[C@H]1C(O)CC(=O)C1CC(=O)CCCCC(=O)OCC. The van der Waals surface area contributed by atoms with Crippen LogP contribution in [-0.4, -0.2) is 47.3 Å². The molecule has 6 nitrogen and oxygen atoms in total. The normalized spacial score (nSPS) is 22.5. The van der Waals surface area contributed by atoms with E-state index < -0.39 is 29.9 Å². The third-order valence-electron chi connectivity index (χ3n) is 5.56. The lowest BCUT2D eigenvalue weighted by Crippen LogP contribution is -2.25. The van der Waals surface area contributed by atoms with E-state index in [0.717, 1.165) is 6.42 Å². The van der Waals surface area contributed by atoms with Gasteiger partial charge in [0.15, 0.2) is 12.0 Å². The summed E-state index contributed by atoms with van der Waals surface area (Å²) in [6, 6.07) is 0. The van der Waals surface area contributed by atoms with Gasteiger partial charge >= 0.3 is 5.97 Å². The molecule has 166 valence electrons. The molecule has 1 rings (SSSR count). The van der Waals surface area contributed by atoms with Crippen LogP contribution in [-0.2, 0) is 23.9 Å². The maximum Gasteiger partial charge on any atom is 0.305 e. The molecule has 1 saturated carbocycles. The van der Waals surface area contributed by atoms with Crippen molar-refractivity contribution in [2.24, 2.45) is 11.8 Å². The fourth-order valence-electron chi connectivity index (χ4n) is 3.86. The van der Waals surface area contributed by atoms with E-state index in [9.17, 15) is 28.7 Å². The van der Waals surface area contributed by atoms with E-state index in [2.05, 4.69) is 0 Å². The minimum absolute atomic E-state index is 0.0193. The third kappa shape index (κ3) is 9.15. The zero-order valence-corrected chi connectivity index (χ0v) is 17.7. The number of Topliss-reactive ketones (excluding diaryl/α,β-unsaturated/α-hetero) is 3. The van der Waals surface area contributed by atoms with Gasteiger partial charge in [0.1, 0.15) is 11.6 Å². The number of aliphatic hydroxyl groups excluding tert-OH is 1. The largest absolute Gasteiger partial charge is 0.466 e. The van der Waals surface area contributed by atoms with Crippen molar-refractivity contribution in [2.75, 3.05) is 6.61 Å². The molecule has 0 aromatic carbocycles. The van der Waals surface area contributed by atoms with E-state index in [-0.39, 0.29) is 62.5 Å². The molecular formula is C22H35FO6. The van der Waals surface area contributed by atoms with Crippen LogP contribution in [0.1, 0.15) is 84.5 Å². The molecule has 1 aliphatic rings. The molecule has 0 heterocycles. The lowest BCUT2D eigenvalue weighted by Gasteiger charge is -2.20. The Balaban J connectivity index is 2.45. The lowest BCUT2D eigenvalue weighted by atomic mass is 9.84. The zero-order valence-electron chi connectivity index (χ0n) is 17.7. The molecule has 3 unspecified atom stereocenters. The third-order valence-corrected chi connectivity index (χ3v) is 5.56. The Bertz CT molecular complexity index is 562. The number of unbranched alkanes of at least 4 members (excludes halogenated alkanes) is 2. The van der Waals surface area contributed by atoms with Crippen LogP contribution in [0.15, 0.2) is 0 Å². The summed E-state index contributed by atoms with van der Waals surface area (Å²) < 4.78 is 18.7. The fourth-order valence-corrected chi connectivity index (χ4v) is 3.86. The van der Waals surface area contributed by atoms with Crippen LogP contribution in [0.2, 0.25) is 0 Å². The Morgan fingerprint density at radius 1 is 1.14 bits per heavy atom. The Morgan fingerprint density at radius 3 is 2.48 bits per heavy atom. The molecule has 7 heteroatoms. The number of hydrogen-bond donors (Lipinski definition) is 1. The van der Waals surface area contributed by atoms with Crippen LogP contribution in [0.4, 0.5) is 4.39 Å². The highest BCUT2D eigenvalue weighted by atomic mass is 19.1. The molecule has 29 heavy (non-hydrogen) atoms. The molecule has 0 saturated heterocycles. The number of carbonyl (C=O) groups excluding carboxylic acids is 4. The van der Waals surface area contributed by atoms with Gasteiger partial charge in [-0.2, -0.15) is 0 Å². The van der Waals surface area contributed by atoms with E-state index in [4.69, 9.17) is 4.74 Å². The van der Waals surface area contributed by atoms with Crippen molar-refractivity contribution in [2.45, 2.75) is 96.8 Å². The molecule has 0 radical (unpaired) electrons. The van der Waals surface area contributed by atoms with Crippen LogP contribution < -0.4 is 0 Å². The van der Waals surface area contributed by atoms with E-state index in [0.29, 0.717) is 25.9 Å². The Hall–Kier alpha value is -1.63. The average molecular weight is 415 g/mol. The second-order valence-electron chi connectivity index (χ2n) is 7.88. The number of aliphatic hydroxyl groups is 1. The number of hydrogen-bond acceptors (Lipinski definition) is 6. The van der Waals surface area contributed by atoms with Crippen molar-refractivity contribution >= 4 is 23.3 Å². The second kappa shape index (κ2) is 13.6. The van der Waals surface area contributed by atoms with Gasteiger partial charge in [0, 0.05) is 38.0 Å². The van der Waals surface area contributed by atoms with Gasteiger partial charge in [-0.05, 0) is 38.5 Å². The van der Waals surface area contributed by atoms with Crippen molar-refractivity contribution < 1.29 is 33.4 Å². The highest BCUT2D eigenvalue weighted by molar-refractivity contribution is 5.90. The Labute approximate surface area is 172 Å². The predicted molar refractivity (Wildman–Crippen MR) is 106 cm³/mol. The van der Waals surface area contributed by atoms with Crippen LogP contribution >= 0.6 is 0 Å². The Kier molecular flexibility index (Phi) is 11.9. The van der Waals surface area contributed by atoms with Crippen LogP contribution in [0, 0.1) is 11.8 Å². The summed E-state index contributed by atoms with van der Waals surface area (Å²) >= 11 is 0. The summed E-state index contributed by atoms with van der Waals surface area (Å²) in [6.45, 7) is 3.99. The summed E-state index contributed by atoms with van der Waals surface area (Å²) in [7, 11) is 0. The van der Waals surface area contributed by atoms with Gasteiger partial charge in [0.05, 0.1) is 12.7 Å². The summed E-state index contributed by atoms with van der Waals surface area (Å²) in [6.07, 6.45) is 1.08. The summed E-state index contributed by atoms with van der Waals surface area (Å²) in [5, 5.41) is 10.2. The first-order chi connectivity index (χ1) is 13.8. The van der Waals surface area contributed by atoms with Crippen molar-refractivity contribution in [1.29, 1.82) is 0 Å². The summed E-state index contributed by atoms with van der Waals surface area (Å²) in [5.41, 5.74) is 0. The van der Waals surface area contributed by atoms with Crippen molar-refractivity contribution in [1.82, 2.24) is 0 Å². The molecule has 4 atom stereocenters. The first-order valence-corrected chi connectivity index (χ1v) is 10.8. The minimum Gasteiger partial charge on any atom is -0.466 e. The number of halogens is 1. The molecule has 0 spiro atoms. The number of ketones is 3. The lowest BCUT2D eigenvalue weighted by molar-refractivity contribution is -0.143. The first kappa shape index (κ1) is 25.4. The van der Waals surface area contributed by atoms with Crippen LogP contribution in [0.3, 0.4) is 0 Å². The minimum atomic E-state index is -1.50. The number of carbonyl (C=O) groups is 4. The molecule has 1 aliphatic carbocycles. The maximum absolute atomic E-state index is 13.9. The number of esters is 1. The number of alkyl halides is 1. The topological polar surface area (TPSA) is 97.7 Å². The van der Waals surface area contributed by atoms with E-state index in [1.165, 1.54) is 0 Å². The van der Waals surface area contributed by atoms with E-state index in [1.807, 2.05) is 6.92 Å². The van der Waals surface area contributed by atoms with Gasteiger partial charge in [-0.3, -0.25) is 19.2 Å². The van der Waals surface area contributed by atoms with Crippen molar-refractivity contribution in [3.05, 3.63) is 0 Å². The van der Waals surface area contributed by atoms with E-state index in [1.54, 1.807) is 6.92 Å². The highest BCUT2D eigenvalue weighted by Crippen LogP contribution is 2.36. The quantitative estimate of drug-likeness (QED) is 0.325. The number of rotatable bonds is 15. The van der Waals surface area contributed by atoms with Crippen molar-refractivity contribution in [3.8, 4) is 0 Å². The molecule has 0 aromatic heterocycles. The Morgan fingerprint density at radius 2 is 1.83 bits per heavy atom. The summed E-state index contributed by atoms with van der Waals surface area (Å²) in [5.74, 6) is -2.13. The molecule has 0 bridgehead atoms. The highest BCUT2D eigenvalue weighted by Gasteiger charge is 2.42. The molecule has 1 N–H and O–H groups in total.